The Bertz CT molecular complexity index is 554. The van der Waals surface area contributed by atoms with Crippen molar-refractivity contribution in [2.24, 2.45) is 0 Å². The Hall–Kier alpha value is -1.81. The molecule has 19 heavy (non-hydrogen) atoms. The van der Waals surface area contributed by atoms with Gasteiger partial charge in [0.2, 0.25) is 0 Å². The summed E-state index contributed by atoms with van der Waals surface area (Å²) in [5.74, 6) is 0.652. The van der Waals surface area contributed by atoms with Gasteiger partial charge in [0.15, 0.2) is 11.0 Å². The van der Waals surface area contributed by atoms with Crippen molar-refractivity contribution in [2.75, 3.05) is 17.7 Å². The molecule has 0 bridgehead atoms. The number of nitrogens with zero attached hydrogens (tertiary/aromatic N) is 3. The van der Waals surface area contributed by atoms with Crippen LogP contribution in [0, 0.1) is 0 Å². The largest absolute Gasteiger partial charge is 0.393 e. The zero-order valence-electron chi connectivity index (χ0n) is 11.1. The van der Waals surface area contributed by atoms with Gasteiger partial charge in [0.25, 0.3) is 0 Å². The lowest BCUT2D eigenvalue weighted by molar-refractivity contribution is 0.892. The number of halogens is 1. The van der Waals surface area contributed by atoms with Crippen LogP contribution >= 0.6 is 11.6 Å². The summed E-state index contributed by atoms with van der Waals surface area (Å²) in [5.41, 5.74) is 8.83. The number of hydrogen-bond donors (Lipinski definition) is 1. The first-order valence-corrected chi connectivity index (χ1v) is 6.54. The average molecular weight is 277 g/mol. The minimum Gasteiger partial charge on any atom is -0.393 e. The predicted octanol–water partition coefficient (Wildman–Crippen LogP) is 2.91. The molecular formula is C14H17ClN4. The Morgan fingerprint density at radius 3 is 2.42 bits per heavy atom. The summed E-state index contributed by atoms with van der Waals surface area (Å²) in [4.78, 5) is 9.99. The van der Waals surface area contributed by atoms with Crippen LogP contribution < -0.4 is 10.6 Å². The van der Waals surface area contributed by atoms with E-state index >= 15 is 0 Å². The van der Waals surface area contributed by atoms with E-state index in [1.807, 2.05) is 11.9 Å². The zero-order valence-corrected chi connectivity index (χ0v) is 11.9. The SMILES string of the molecule is CCc1ccc(CN(C)c2ncnc(Cl)c2N)cc1. The van der Waals surface area contributed by atoms with Crippen LogP contribution in [-0.2, 0) is 13.0 Å². The van der Waals surface area contributed by atoms with Crippen LogP contribution in [0.3, 0.4) is 0 Å². The Labute approximate surface area is 118 Å². The summed E-state index contributed by atoms with van der Waals surface area (Å²) in [7, 11) is 1.93. The van der Waals surface area contributed by atoms with Gasteiger partial charge in [-0.05, 0) is 17.5 Å². The van der Waals surface area contributed by atoms with Gasteiger partial charge in [0.1, 0.15) is 12.0 Å². The molecule has 2 rings (SSSR count). The highest BCUT2D eigenvalue weighted by molar-refractivity contribution is 6.32. The van der Waals surface area contributed by atoms with Crippen molar-refractivity contribution >= 4 is 23.1 Å². The monoisotopic (exact) mass is 276 g/mol. The Morgan fingerprint density at radius 2 is 1.79 bits per heavy atom. The minimum absolute atomic E-state index is 0.290. The van der Waals surface area contributed by atoms with Gasteiger partial charge in [-0.1, -0.05) is 42.8 Å². The maximum absolute atomic E-state index is 5.90. The van der Waals surface area contributed by atoms with Crippen molar-refractivity contribution in [1.29, 1.82) is 0 Å². The van der Waals surface area contributed by atoms with E-state index in [0.717, 1.165) is 13.0 Å². The zero-order chi connectivity index (χ0) is 13.8. The second kappa shape index (κ2) is 5.89. The number of nitrogen functional groups attached to an aromatic ring is 1. The van der Waals surface area contributed by atoms with Crippen molar-refractivity contribution in [3.63, 3.8) is 0 Å². The average Bonchev–Trinajstić information content (AvgIpc) is 2.42. The predicted molar refractivity (Wildman–Crippen MR) is 79.4 cm³/mol. The molecule has 0 spiro atoms. The van der Waals surface area contributed by atoms with Crippen LogP contribution in [0.25, 0.3) is 0 Å². The first-order chi connectivity index (χ1) is 9.11. The molecule has 0 aliphatic heterocycles. The van der Waals surface area contributed by atoms with Crippen molar-refractivity contribution in [2.45, 2.75) is 19.9 Å². The van der Waals surface area contributed by atoms with Crippen LogP contribution in [0.1, 0.15) is 18.1 Å². The van der Waals surface area contributed by atoms with Crippen LogP contribution in [0.15, 0.2) is 30.6 Å². The van der Waals surface area contributed by atoms with Gasteiger partial charge in [0.05, 0.1) is 0 Å². The van der Waals surface area contributed by atoms with E-state index in [4.69, 9.17) is 17.3 Å². The van der Waals surface area contributed by atoms with E-state index in [-0.39, 0.29) is 5.15 Å². The number of aromatic nitrogens is 2. The number of aryl methyl sites for hydroxylation is 1. The third-order valence-electron chi connectivity index (χ3n) is 3.03. The molecule has 4 nitrogen and oxygen atoms in total. The second-order valence-electron chi connectivity index (χ2n) is 4.43. The molecule has 0 aliphatic carbocycles. The smallest absolute Gasteiger partial charge is 0.157 e. The molecule has 0 saturated heterocycles. The second-order valence-corrected chi connectivity index (χ2v) is 4.79. The van der Waals surface area contributed by atoms with Gasteiger partial charge in [-0.15, -0.1) is 0 Å². The number of benzene rings is 1. The van der Waals surface area contributed by atoms with Gasteiger partial charge in [-0.3, -0.25) is 0 Å². The first-order valence-electron chi connectivity index (χ1n) is 6.16. The van der Waals surface area contributed by atoms with Gasteiger partial charge in [0, 0.05) is 13.6 Å². The lowest BCUT2D eigenvalue weighted by Crippen LogP contribution is -2.19. The quantitative estimate of drug-likeness (QED) is 0.873. The van der Waals surface area contributed by atoms with E-state index in [0.29, 0.717) is 11.5 Å². The molecule has 5 heteroatoms. The summed E-state index contributed by atoms with van der Waals surface area (Å²) in [5, 5.41) is 0.290. The molecule has 0 atom stereocenters. The fourth-order valence-electron chi connectivity index (χ4n) is 1.90. The van der Waals surface area contributed by atoms with Gasteiger partial charge in [-0.2, -0.15) is 0 Å². The molecule has 100 valence electrons. The summed E-state index contributed by atoms with van der Waals surface area (Å²) in [6, 6.07) is 8.52. The summed E-state index contributed by atoms with van der Waals surface area (Å²) in [6.07, 6.45) is 2.47. The Balaban J connectivity index is 2.15. The fraction of sp³-hybridized carbons (Fsp3) is 0.286. The third kappa shape index (κ3) is 3.15. The van der Waals surface area contributed by atoms with E-state index in [1.165, 1.54) is 17.5 Å². The normalized spacial score (nSPS) is 10.5. The van der Waals surface area contributed by atoms with Crippen LogP contribution in [0.4, 0.5) is 11.5 Å². The van der Waals surface area contributed by atoms with Gasteiger partial charge in [-0.25, -0.2) is 9.97 Å². The highest BCUT2D eigenvalue weighted by Gasteiger charge is 2.10. The number of hydrogen-bond acceptors (Lipinski definition) is 4. The Kier molecular flexibility index (Phi) is 4.22. The molecule has 1 heterocycles. The molecule has 0 amide bonds. The lowest BCUT2D eigenvalue weighted by atomic mass is 10.1. The van der Waals surface area contributed by atoms with E-state index in [9.17, 15) is 0 Å². The summed E-state index contributed by atoms with van der Waals surface area (Å²) in [6.45, 7) is 2.87. The molecule has 2 N–H and O–H groups in total. The van der Waals surface area contributed by atoms with E-state index in [1.54, 1.807) is 0 Å². The standard InChI is InChI=1S/C14H17ClN4/c1-3-10-4-6-11(7-5-10)8-19(2)14-12(16)13(15)17-9-18-14/h4-7,9H,3,8,16H2,1-2H3. The molecule has 0 fully saturated rings. The summed E-state index contributed by atoms with van der Waals surface area (Å²) >= 11 is 5.90. The molecule has 2 aromatic rings. The summed E-state index contributed by atoms with van der Waals surface area (Å²) < 4.78 is 0. The highest BCUT2D eigenvalue weighted by Crippen LogP contribution is 2.25. The van der Waals surface area contributed by atoms with Crippen molar-refractivity contribution < 1.29 is 0 Å². The van der Waals surface area contributed by atoms with Gasteiger partial charge < -0.3 is 10.6 Å². The van der Waals surface area contributed by atoms with Crippen molar-refractivity contribution in [3.05, 3.63) is 46.9 Å². The topological polar surface area (TPSA) is 55.0 Å². The maximum atomic E-state index is 5.90. The molecule has 0 radical (unpaired) electrons. The highest BCUT2D eigenvalue weighted by atomic mass is 35.5. The molecular weight excluding hydrogens is 260 g/mol. The van der Waals surface area contributed by atoms with Crippen LogP contribution in [0.5, 0.6) is 0 Å². The van der Waals surface area contributed by atoms with Gasteiger partial charge >= 0.3 is 0 Å². The number of nitrogens with two attached hydrogens (primary N) is 1. The molecule has 0 unspecified atom stereocenters. The molecule has 0 saturated carbocycles. The van der Waals surface area contributed by atoms with E-state index < -0.39 is 0 Å². The van der Waals surface area contributed by atoms with Crippen LogP contribution in [0.2, 0.25) is 5.15 Å². The number of rotatable bonds is 4. The molecule has 0 aliphatic rings. The molecule has 1 aromatic carbocycles. The maximum Gasteiger partial charge on any atom is 0.157 e. The van der Waals surface area contributed by atoms with E-state index in [2.05, 4.69) is 41.2 Å². The molecule has 1 aromatic heterocycles. The first kappa shape index (κ1) is 13.6. The number of anilines is 2. The van der Waals surface area contributed by atoms with Crippen molar-refractivity contribution in [3.8, 4) is 0 Å². The minimum atomic E-state index is 0.290. The van der Waals surface area contributed by atoms with Crippen molar-refractivity contribution in [1.82, 2.24) is 9.97 Å². The lowest BCUT2D eigenvalue weighted by Gasteiger charge is -2.20. The fourth-order valence-corrected chi connectivity index (χ4v) is 2.03. The third-order valence-corrected chi connectivity index (χ3v) is 3.33. The van der Waals surface area contributed by atoms with Crippen LogP contribution in [-0.4, -0.2) is 17.0 Å². The Morgan fingerprint density at radius 1 is 1.16 bits per heavy atom.